The van der Waals surface area contributed by atoms with E-state index in [1.54, 1.807) is 6.08 Å². The van der Waals surface area contributed by atoms with E-state index < -0.39 is 0 Å². The molecule has 0 radical (unpaired) electrons. The number of ether oxygens (including phenoxy) is 2. The van der Waals surface area contributed by atoms with Gasteiger partial charge in [0.1, 0.15) is 13.2 Å². The Morgan fingerprint density at radius 3 is 2.54 bits per heavy atom. The van der Waals surface area contributed by atoms with Crippen LogP contribution in [0.25, 0.3) is 6.08 Å². The van der Waals surface area contributed by atoms with Gasteiger partial charge >= 0.3 is 0 Å². The Morgan fingerprint density at radius 1 is 1.08 bits per heavy atom. The quantitative estimate of drug-likeness (QED) is 0.874. The monoisotopic (exact) mass is 323 g/mol. The first-order valence-corrected chi connectivity index (χ1v) is 8.06. The third-order valence-electron chi connectivity index (χ3n) is 3.93. The van der Waals surface area contributed by atoms with E-state index in [0.717, 1.165) is 22.6 Å². The highest BCUT2D eigenvalue weighted by Crippen LogP contribution is 2.32. The first kappa shape index (κ1) is 16.1. The topological polar surface area (TPSA) is 47.6 Å². The molecule has 3 rings (SSSR count). The first-order valence-electron chi connectivity index (χ1n) is 8.06. The second kappa shape index (κ2) is 7.21. The third kappa shape index (κ3) is 3.96. The average molecular weight is 323 g/mol. The number of benzene rings is 2. The maximum atomic E-state index is 12.1. The molecule has 0 bridgehead atoms. The average Bonchev–Trinajstić information content (AvgIpc) is 2.61. The molecule has 4 heteroatoms. The van der Waals surface area contributed by atoms with Gasteiger partial charge in [0, 0.05) is 6.08 Å². The molecule has 0 aliphatic carbocycles. The molecule has 1 aliphatic rings. The standard InChI is InChI=1S/C20H21NO3/c1-14-3-5-16(6-4-14)7-10-20(22)21-15(2)17-8-9-18-19(13-17)24-12-11-23-18/h3-10,13,15H,11-12H2,1-2H3,(H,21,22)/b10-7+. The summed E-state index contributed by atoms with van der Waals surface area (Å²) in [5.74, 6) is 1.36. The number of fused-ring (bicyclic) bond motifs is 1. The molecule has 0 spiro atoms. The van der Waals surface area contributed by atoms with E-state index in [9.17, 15) is 4.79 Å². The second-order valence-corrected chi connectivity index (χ2v) is 5.88. The highest BCUT2D eigenvalue weighted by atomic mass is 16.6. The zero-order chi connectivity index (χ0) is 16.9. The fourth-order valence-electron chi connectivity index (χ4n) is 2.52. The molecule has 4 nitrogen and oxygen atoms in total. The van der Waals surface area contributed by atoms with E-state index in [1.807, 2.05) is 62.4 Å². The van der Waals surface area contributed by atoms with Gasteiger partial charge in [-0.1, -0.05) is 35.9 Å². The van der Waals surface area contributed by atoms with E-state index in [4.69, 9.17) is 9.47 Å². The Labute approximate surface area is 142 Å². The van der Waals surface area contributed by atoms with Gasteiger partial charge in [0.25, 0.3) is 0 Å². The van der Waals surface area contributed by atoms with Crippen molar-refractivity contribution < 1.29 is 14.3 Å². The second-order valence-electron chi connectivity index (χ2n) is 5.88. The van der Waals surface area contributed by atoms with Gasteiger partial charge in [-0.3, -0.25) is 4.79 Å². The van der Waals surface area contributed by atoms with Gasteiger partial charge in [-0.05, 0) is 43.2 Å². The Bertz CT molecular complexity index is 750. The van der Waals surface area contributed by atoms with Crippen LogP contribution in [0.3, 0.4) is 0 Å². The highest BCUT2D eigenvalue weighted by Gasteiger charge is 2.15. The first-order chi connectivity index (χ1) is 11.6. The van der Waals surface area contributed by atoms with Crippen LogP contribution in [-0.4, -0.2) is 19.1 Å². The van der Waals surface area contributed by atoms with Crippen LogP contribution in [0.2, 0.25) is 0 Å². The van der Waals surface area contributed by atoms with Gasteiger partial charge in [-0.15, -0.1) is 0 Å². The van der Waals surface area contributed by atoms with Crippen molar-refractivity contribution in [2.75, 3.05) is 13.2 Å². The summed E-state index contributed by atoms with van der Waals surface area (Å²) in [4.78, 5) is 12.1. The molecule has 1 N–H and O–H groups in total. The third-order valence-corrected chi connectivity index (χ3v) is 3.93. The molecule has 0 aromatic heterocycles. The molecule has 0 saturated heterocycles. The minimum atomic E-state index is -0.127. The number of carbonyl (C=O) groups excluding carboxylic acids is 1. The van der Waals surface area contributed by atoms with E-state index in [1.165, 1.54) is 5.56 Å². The Balaban J connectivity index is 1.62. The molecular weight excluding hydrogens is 302 g/mol. The van der Waals surface area contributed by atoms with E-state index in [2.05, 4.69) is 5.32 Å². The molecule has 1 heterocycles. The molecule has 1 atom stereocenters. The largest absolute Gasteiger partial charge is 0.486 e. The predicted molar refractivity (Wildman–Crippen MR) is 94.2 cm³/mol. The van der Waals surface area contributed by atoms with Crippen molar-refractivity contribution in [3.63, 3.8) is 0 Å². The zero-order valence-electron chi connectivity index (χ0n) is 13.9. The fourth-order valence-corrected chi connectivity index (χ4v) is 2.52. The molecule has 2 aromatic carbocycles. The maximum Gasteiger partial charge on any atom is 0.244 e. The zero-order valence-corrected chi connectivity index (χ0v) is 13.9. The number of hydrogen-bond acceptors (Lipinski definition) is 3. The number of aryl methyl sites for hydroxylation is 1. The Kier molecular flexibility index (Phi) is 4.85. The van der Waals surface area contributed by atoms with Gasteiger partial charge in [0.15, 0.2) is 11.5 Å². The Morgan fingerprint density at radius 2 is 1.79 bits per heavy atom. The minimum absolute atomic E-state index is 0.115. The molecule has 1 amide bonds. The molecular formula is C20H21NO3. The van der Waals surface area contributed by atoms with Crippen molar-refractivity contribution in [2.45, 2.75) is 19.9 Å². The Hall–Kier alpha value is -2.75. The van der Waals surface area contributed by atoms with Gasteiger partial charge in [0.2, 0.25) is 5.91 Å². The van der Waals surface area contributed by atoms with Crippen LogP contribution in [0.4, 0.5) is 0 Å². The molecule has 1 unspecified atom stereocenters. The van der Waals surface area contributed by atoms with E-state index in [0.29, 0.717) is 13.2 Å². The maximum absolute atomic E-state index is 12.1. The van der Waals surface area contributed by atoms with Gasteiger partial charge in [0.05, 0.1) is 6.04 Å². The summed E-state index contributed by atoms with van der Waals surface area (Å²) in [5.41, 5.74) is 3.18. The summed E-state index contributed by atoms with van der Waals surface area (Å²) in [6, 6.07) is 13.7. The summed E-state index contributed by atoms with van der Waals surface area (Å²) in [6.45, 7) is 5.11. The van der Waals surface area contributed by atoms with Gasteiger partial charge in [-0.25, -0.2) is 0 Å². The van der Waals surface area contributed by atoms with Crippen molar-refractivity contribution in [3.05, 3.63) is 65.2 Å². The van der Waals surface area contributed by atoms with Crippen LogP contribution in [-0.2, 0) is 4.79 Å². The summed E-state index contributed by atoms with van der Waals surface area (Å²) >= 11 is 0. The van der Waals surface area contributed by atoms with Crippen LogP contribution in [0.15, 0.2) is 48.5 Å². The lowest BCUT2D eigenvalue weighted by atomic mass is 10.1. The van der Waals surface area contributed by atoms with Crippen molar-refractivity contribution in [3.8, 4) is 11.5 Å². The number of rotatable bonds is 4. The lowest BCUT2D eigenvalue weighted by Gasteiger charge is -2.20. The summed E-state index contributed by atoms with van der Waals surface area (Å²) < 4.78 is 11.1. The highest BCUT2D eigenvalue weighted by molar-refractivity contribution is 5.92. The van der Waals surface area contributed by atoms with Gasteiger partial charge in [-0.2, -0.15) is 0 Å². The van der Waals surface area contributed by atoms with Crippen LogP contribution in [0.1, 0.15) is 29.7 Å². The van der Waals surface area contributed by atoms with Crippen molar-refractivity contribution in [2.24, 2.45) is 0 Å². The van der Waals surface area contributed by atoms with Crippen molar-refractivity contribution >= 4 is 12.0 Å². The van der Waals surface area contributed by atoms with Gasteiger partial charge < -0.3 is 14.8 Å². The normalized spacial score (nSPS) is 14.4. The van der Waals surface area contributed by atoms with E-state index in [-0.39, 0.29) is 11.9 Å². The van der Waals surface area contributed by atoms with Crippen molar-refractivity contribution in [1.82, 2.24) is 5.32 Å². The molecule has 2 aromatic rings. The number of nitrogens with one attached hydrogen (secondary N) is 1. The van der Waals surface area contributed by atoms with Crippen LogP contribution >= 0.6 is 0 Å². The number of carbonyl (C=O) groups is 1. The predicted octanol–water partition coefficient (Wildman–Crippen LogP) is 3.66. The molecule has 0 saturated carbocycles. The van der Waals surface area contributed by atoms with Crippen molar-refractivity contribution in [1.29, 1.82) is 0 Å². The van der Waals surface area contributed by atoms with Crippen LogP contribution in [0.5, 0.6) is 11.5 Å². The molecule has 24 heavy (non-hydrogen) atoms. The summed E-state index contributed by atoms with van der Waals surface area (Å²) in [7, 11) is 0. The summed E-state index contributed by atoms with van der Waals surface area (Å²) in [6.07, 6.45) is 3.37. The fraction of sp³-hybridized carbons (Fsp3) is 0.250. The van der Waals surface area contributed by atoms with Crippen LogP contribution in [0, 0.1) is 6.92 Å². The smallest absolute Gasteiger partial charge is 0.244 e. The molecule has 124 valence electrons. The summed E-state index contributed by atoms with van der Waals surface area (Å²) in [5, 5.41) is 2.96. The lowest BCUT2D eigenvalue weighted by molar-refractivity contribution is -0.117. The van der Waals surface area contributed by atoms with E-state index >= 15 is 0 Å². The van der Waals surface area contributed by atoms with Crippen LogP contribution < -0.4 is 14.8 Å². The lowest BCUT2D eigenvalue weighted by Crippen LogP contribution is -2.25. The SMILES string of the molecule is Cc1ccc(/C=C/C(=O)NC(C)c2ccc3c(c2)OCCO3)cc1. The molecule has 1 aliphatic heterocycles. The molecule has 0 fully saturated rings. The number of amides is 1. The minimum Gasteiger partial charge on any atom is -0.486 e. The number of hydrogen-bond donors (Lipinski definition) is 1.